The van der Waals surface area contributed by atoms with Gasteiger partial charge in [-0.3, -0.25) is 0 Å². The van der Waals surface area contributed by atoms with Crippen LogP contribution in [-0.2, 0) is 4.79 Å². The molecule has 3 rings (SSSR count). The molecule has 2 unspecified atom stereocenters. The van der Waals surface area contributed by atoms with E-state index in [1.807, 2.05) is 59.0 Å². The van der Waals surface area contributed by atoms with E-state index in [1.165, 1.54) is 5.56 Å². The number of carbonyl (C=O) groups excluding carboxylic acids is 1. The molecule has 1 aliphatic rings. The van der Waals surface area contributed by atoms with Crippen molar-refractivity contribution in [1.29, 1.82) is 0 Å². The van der Waals surface area contributed by atoms with Gasteiger partial charge in [0.2, 0.25) is 0 Å². The van der Waals surface area contributed by atoms with E-state index in [4.69, 9.17) is 9.47 Å². The molecule has 2 atom stereocenters. The van der Waals surface area contributed by atoms with Gasteiger partial charge in [-0.2, -0.15) is 0 Å². The average Bonchev–Trinajstić information content (AvgIpc) is 3.34. The molecule has 2 aromatic carbocycles. The van der Waals surface area contributed by atoms with Crippen LogP contribution in [0.3, 0.4) is 0 Å². The summed E-state index contributed by atoms with van der Waals surface area (Å²) >= 11 is 2.51. The molecule has 1 aliphatic heterocycles. The summed E-state index contributed by atoms with van der Waals surface area (Å²) in [4.78, 5) is 11.4. The van der Waals surface area contributed by atoms with Gasteiger partial charge in [-0.05, 0) is 0 Å². The maximum absolute atomic E-state index is 11.4. The van der Waals surface area contributed by atoms with Crippen molar-refractivity contribution >= 4 is 26.4 Å². The van der Waals surface area contributed by atoms with Crippen LogP contribution in [0.15, 0.2) is 42.5 Å². The molecule has 0 aromatic heterocycles. The predicted molar refractivity (Wildman–Crippen MR) is 129 cm³/mol. The zero-order valence-electron chi connectivity index (χ0n) is 18.8. The minimum absolute atomic E-state index is 0.143. The third-order valence-corrected chi connectivity index (χ3v) is 12.5. The Kier molecular flexibility index (Phi) is 13.1. The molecule has 31 heavy (non-hydrogen) atoms. The van der Waals surface area contributed by atoms with Gasteiger partial charge in [0.15, 0.2) is 0 Å². The van der Waals surface area contributed by atoms with Crippen LogP contribution in [0.4, 0.5) is 0 Å². The van der Waals surface area contributed by atoms with Crippen LogP contribution in [0.5, 0.6) is 17.2 Å². The molecule has 0 spiro atoms. The van der Waals surface area contributed by atoms with Gasteiger partial charge in [-0.25, -0.2) is 0 Å². The average molecular weight is 762 g/mol. The van der Waals surface area contributed by atoms with Crippen LogP contribution in [0.25, 0.3) is 0 Å². The number of rotatable bonds is 9. The molecule has 0 amide bonds. The zero-order chi connectivity index (χ0) is 22.6. The van der Waals surface area contributed by atoms with Crippen LogP contribution in [0, 0.1) is 6.92 Å². The summed E-state index contributed by atoms with van der Waals surface area (Å²) < 4.78 is 16.2. The van der Waals surface area contributed by atoms with Gasteiger partial charge in [0, 0.05) is 0 Å². The molecule has 0 N–H and O–H groups in total. The number of alkyl halides is 4. The van der Waals surface area contributed by atoms with Crippen LogP contribution in [0.1, 0.15) is 54.6 Å². The number of ether oxygens (including phenoxy) is 2. The van der Waals surface area contributed by atoms with E-state index in [2.05, 4.69) is 26.8 Å². The number of benzene rings is 2. The van der Waals surface area contributed by atoms with E-state index in [0.717, 1.165) is 50.4 Å². The number of halogens is 3. The molecular formula is C25H33I3O3-2. The summed E-state index contributed by atoms with van der Waals surface area (Å²) in [6.07, 6.45) is 4.85. The Morgan fingerprint density at radius 3 is 2.35 bits per heavy atom. The van der Waals surface area contributed by atoms with E-state index in [-0.39, 0.29) is 25.0 Å². The van der Waals surface area contributed by atoms with Crippen molar-refractivity contribution in [1.82, 2.24) is 0 Å². The van der Waals surface area contributed by atoms with Gasteiger partial charge in [0.05, 0.1) is 0 Å². The molecule has 0 aliphatic carbocycles. The molecule has 3 nitrogen and oxygen atoms in total. The zero-order valence-corrected chi connectivity index (χ0v) is 25.3. The second kappa shape index (κ2) is 14.9. The normalized spacial score (nSPS) is 15.3. The van der Waals surface area contributed by atoms with Crippen LogP contribution < -0.4 is 51.9 Å². The topological polar surface area (TPSA) is 35.5 Å². The fourth-order valence-corrected chi connectivity index (χ4v) is 11.2. The third-order valence-electron chi connectivity index (χ3n) is 4.88. The molecule has 0 bridgehead atoms. The number of methoxy groups -OCH3 is 1. The molecular weight excluding hydrogens is 729 g/mol. The van der Waals surface area contributed by atoms with E-state index < -0.39 is 0 Å². The number of hydrogen-bond acceptors (Lipinski definition) is 3. The van der Waals surface area contributed by atoms with Crippen molar-refractivity contribution in [2.45, 2.75) is 54.3 Å². The van der Waals surface area contributed by atoms with Gasteiger partial charge < -0.3 is 0 Å². The van der Waals surface area contributed by atoms with Crippen molar-refractivity contribution in [3.8, 4) is 17.2 Å². The Bertz CT molecular complexity index is 800. The van der Waals surface area contributed by atoms with Crippen LogP contribution >= 0.6 is 22.6 Å². The van der Waals surface area contributed by atoms with Gasteiger partial charge >= 0.3 is 224 Å². The molecule has 2 aromatic rings. The van der Waals surface area contributed by atoms with Crippen molar-refractivity contribution in [3.05, 3.63) is 53.6 Å². The fourth-order valence-electron chi connectivity index (χ4n) is 3.29. The second-order valence-corrected chi connectivity index (χ2v) is 16.1. The molecule has 0 radical (unpaired) electrons. The first-order valence-electron chi connectivity index (χ1n) is 10.7. The quantitative estimate of drug-likeness (QED) is 0.217. The monoisotopic (exact) mass is 762 g/mol. The minimum atomic E-state index is -0.143. The van der Waals surface area contributed by atoms with Crippen molar-refractivity contribution in [3.63, 3.8) is 0 Å². The Balaban J connectivity index is 0.000000597. The molecule has 174 valence electrons. The molecule has 1 saturated heterocycles. The van der Waals surface area contributed by atoms with Crippen molar-refractivity contribution in [2.75, 3.05) is 16.0 Å². The third kappa shape index (κ3) is 9.35. The SMILES string of the molecule is C1CC[I-]C1.CCC([I-]C(C)CC(=O)I)c1ccc(OC)c(Oc2ccccc2)c1C. The Morgan fingerprint density at radius 2 is 1.84 bits per heavy atom. The summed E-state index contributed by atoms with van der Waals surface area (Å²) in [5, 5.41) is 0. The van der Waals surface area contributed by atoms with E-state index in [9.17, 15) is 4.79 Å². The van der Waals surface area contributed by atoms with Crippen molar-refractivity contribution < 1.29 is 56.7 Å². The maximum atomic E-state index is 11.4. The molecule has 6 heteroatoms. The molecule has 1 heterocycles. The summed E-state index contributed by atoms with van der Waals surface area (Å²) in [5.41, 5.74) is 2.45. The fraction of sp³-hybridized carbons (Fsp3) is 0.480. The standard InChI is InChI=1S/C21H25I2O3.C4H8I/c1-5-18(23-14(2)13-20(22)24)17-11-12-19(25-4)21(15(17)3)26-16-9-7-6-8-10-16;1-2-4-5-3-1/h6-12,14,18H,5,13H2,1-4H3;1-4H2/q2*-1. The first-order chi connectivity index (χ1) is 15.0. The first kappa shape index (κ1) is 27.1. The van der Waals surface area contributed by atoms with Gasteiger partial charge in [-0.15, -0.1) is 0 Å². The summed E-state index contributed by atoms with van der Waals surface area (Å²) in [6, 6.07) is 14.0. The summed E-state index contributed by atoms with van der Waals surface area (Å²) in [6.45, 7) is 6.54. The number of carbonyl (C=O) groups is 1. The summed E-state index contributed by atoms with van der Waals surface area (Å²) in [7, 11) is 1.67. The van der Waals surface area contributed by atoms with E-state index in [1.54, 1.807) is 28.8 Å². The van der Waals surface area contributed by atoms with E-state index >= 15 is 0 Å². The Labute approximate surface area is 222 Å². The predicted octanol–water partition coefficient (Wildman–Crippen LogP) is 0.945. The number of para-hydroxylation sites is 1. The summed E-state index contributed by atoms with van der Waals surface area (Å²) in [5.74, 6) is 2.34. The molecule has 0 saturated carbocycles. The van der Waals surface area contributed by atoms with Crippen LogP contribution in [-0.4, -0.2) is 23.7 Å². The van der Waals surface area contributed by atoms with Crippen LogP contribution in [0.2, 0.25) is 0 Å². The van der Waals surface area contributed by atoms with Gasteiger partial charge in [0.25, 0.3) is 0 Å². The second-order valence-electron chi connectivity index (χ2n) is 7.34. The Morgan fingerprint density at radius 1 is 1.16 bits per heavy atom. The number of hydrogen-bond donors (Lipinski definition) is 0. The van der Waals surface area contributed by atoms with Crippen molar-refractivity contribution in [2.24, 2.45) is 0 Å². The van der Waals surface area contributed by atoms with Gasteiger partial charge in [-0.1, -0.05) is 0 Å². The van der Waals surface area contributed by atoms with E-state index in [0.29, 0.717) is 14.3 Å². The van der Waals surface area contributed by atoms with Gasteiger partial charge in [0.1, 0.15) is 0 Å². The Hall–Kier alpha value is -0.1000. The first-order valence-corrected chi connectivity index (χ1v) is 17.3. The molecule has 1 fully saturated rings.